The molecule has 0 saturated heterocycles. The topological polar surface area (TPSA) is 26.3 Å². The van der Waals surface area contributed by atoms with Gasteiger partial charge in [0.1, 0.15) is 0 Å². The highest BCUT2D eigenvalue weighted by atomic mass is 28.3. The van der Waals surface area contributed by atoms with Crippen molar-refractivity contribution in [1.82, 2.24) is 0 Å². The molecule has 70 valence electrons. The molecule has 0 fully saturated rings. The van der Waals surface area contributed by atoms with Gasteiger partial charge in [0, 0.05) is 6.42 Å². The normalized spacial score (nSPS) is 13.7. The lowest BCUT2D eigenvalue weighted by Gasteiger charge is -2.24. The monoisotopic (exact) mass is 186 g/mol. The summed E-state index contributed by atoms with van der Waals surface area (Å²) in [6.45, 7) is 10.4. The molecule has 0 aliphatic carbocycles. The van der Waals surface area contributed by atoms with E-state index in [1.807, 2.05) is 6.08 Å². The zero-order valence-corrected chi connectivity index (χ0v) is 9.39. The first kappa shape index (κ1) is 11.4. The molecule has 0 bridgehead atoms. The number of methoxy groups -OCH3 is 1. The average molecular weight is 186 g/mol. The first-order chi connectivity index (χ1) is 5.41. The average Bonchev–Trinajstić information content (AvgIpc) is 1.97. The van der Waals surface area contributed by atoms with Crippen LogP contribution in [0.25, 0.3) is 0 Å². The Hall–Kier alpha value is -0.573. The summed E-state index contributed by atoms with van der Waals surface area (Å²) in [5.74, 6) is -0.137. The fraction of sp³-hybridized carbons (Fsp3) is 0.667. The molecule has 0 radical (unpaired) electrons. The van der Waals surface area contributed by atoms with Crippen LogP contribution in [-0.4, -0.2) is 21.2 Å². The standard InChI is InChI=1S/C9H18O2Si/c1-6-8(12(3,4)5)7-9(10)11-2/h6,8H,1,7H2,2-5H3/t8-/m0/s1. The number of hydrogen-bond donors (Lipinski definition) is 0. The van der Waals surface area contributed by atoms with Gasteiger partial charge in [0.2, 0.25) is 0 Å². The maximum absolute atomic E-state index is 11.0. The van der Waals surface area contributed by atoms with Crippen molar-refractivity contribution in [3.8, 4) is 0 Å². The number of rotatable bonds is 4. The first-order valence-electron chi connectivity index (χ1n) is 4.11. The largest absolute Gasteiger partial charge is 0.469 e. The number of carbonyl (C=O) groups excluding carboxylic acids is 1. The maximum Gasteiger partial charge on any atom is 0.305 e. The van der Waals surface area contributed by atoms with Crippen molar-refractivity contribution in [2.75, 3.05) is 7.11 Å². The smallest absolute Gasteiger partial charge is 0.305 e. The van der Waals surface area contributed by atoms with E-state index in [0.717, 1.165) is 0 Å². The van der Waals surface area contributed by atoms with Gasteiger partial charge in [0.05, 0.1) is 15.2 Å². The number of allylic oxidation sites excluding steroid dienone is 1. The van der Waals surface area contributed by atoms with Crippen LogP contribution in [-0.2, 0) is 9.53 Å². The predicted molar refractivity (Wildman–Crippen MR) is 53.9 cm³/mol. The van der Waals surface area contributed by atoms with Gasteiger partial charge in [0.25, 0.3) is 0 Å². The second-order valence-electron chi connectivity index (χ2n) is 3.99. The van der Waals surface area contributed by atoms with Crippen LogP contribution in [0, 0.1) is 0 Å². The van der Waals surface area contributed by atoms with Crippen LogP contribution >= 0.6 is 0 Å². The molecule has 3 heteroatoms. The Morgan fingerprint density at radius 1 is 1.58 bits per heavy atom. The van der Waals surface area contributed by atoms with E-state index in [4.69, 9.17) is 0 Å². The summed E-state index contributed by atoms with van der Waals surface area (Å²) in [7, 11) is 0.139. The quantitative estimate of drug-likeness (QED) is 0.383. The summed E-state index contributed by atoms with van der Waals surface area (Å²) in [6.07, 6.45) is 2.36. The lowest BCUT2D eigenvalue weighted by Crippen LogP contribution is -2.28. The molecule has 12 heavy (non-hydrogen) atoms. The highest BCUT2D eigenvalue weighted by molar-refractivity contribution is 6.78. The van der Waals surface area contributed by atoms with E-state index in [1.54, 1.807) is 0 Å². The summed E-state index contributed by atoms with van der Waals surface area (Å²) in [5, 5.41) is 0. The molecule has 0 aliphatic heterocycles. The molecule has 1 atom stereocenters. The molecule has 0 heterocycles. The molecule has 0 rings (SSSR count). The van der Waals surface area contributed by atoms with Crippen LogP contribution in [0.4, 0.5) is 0 Å². The van der Waals surface area contributed by atoms with Crippen LogP contribution in [0.3, 0.4) is 0 Å². The fourth-order valence-corrected chi connectivity index (χ4v) is 2.49. The molecule has 0 spiro atoms. The zero-order chi connectivity index (χ0) is 9.78. The third kappa shape index (κ3) is 3.71. The predicted octanol–water partition coefficient (Wildman–Crippen LogP) is 2.44. The molecule has 0 aromatic rings. The van der Waals surface area contributed by atoms with Crippen molar-refractivity contribution in [2.45, 2.75) is 31.6 Å². The van der Waals surface area contributed by atoms with Crippen molar-refractivity contribution >= 4 is 14.0 Å². The Balaban J connectivity index is 4.19. The Morgan fingerprint density at radius 2 is 2.08 bits per heavy atom. The van der Waals surface area contributed by atoms with Crippen molar-refractivity contribution < 1.29 is 9.53 Å². The second kappa shape index (κ2) is 4.45. The van der Waals surface area contributed by atoms with Crippen molar-refractivity contribution in [1.29, 1.82) is 0 Å². The SMILES string of the molecule is C=C[C@@H](CC(=O)OC)[Si](C)(C)C. The minimum atomic E-state index is -1.28. The fourth-order valence-electron chi connectivity index (χ4n) is 1.01. The third-order valence-electron chi connectivity index (χ3n) is 2.01. The van der Waals surface area contributed by atoms with Crippen LogP contribution in [0.2, 0.25) is 25.2 Å². The van der Waals surface area contributed by atoms with E-state index in [1.165, 1.54) is 7.11 Å². The molecule has 0 amide bonds. The highest BCUT2D eigenvalue weighted by Crippen LogP contribution is 2.26. The van der Waals surface area contributed by atoms with E-state index in [2.05, 4.69) is 31.0 Å². The second-order valence-corrected chi connectivity index (χ2v) is 9.46. The van der Waals surface area contributed by atoms with Gasteiger partial charge in [-0.05, 0) is 5.54 Å². The Kier molecular flexibility index (Phi) is 4.24. The summed E-state index contributed by atoms with van der Waals surface area (Å²) >= 11 is 0. The lowest BCUT2D eigenvalue weighted by molar-refractivity contribution is -0.140. The van der Waals surface area contributed by atoms with Gasteiger partial charge in [-0.1, -0.05) is 25.7 Å². The van der Waals surface area contributed by atoms with Crippen LogP contribution in [0.5, 0.6) is 0 Å². The Labute approximate surface area is 75.6 Å². The van der Waals surface area contributed by atoms with Gasteiger partial charge in [-0.15, -0.1) is 6.58 Å². The third-order valence-corrected chi connectivity index (χ3v) is 4.68. The van der Waals surface area contributed by atoms with Crippen molar-refractivity contribution in [3.63, 3.8) is 0 Å². The summed E-state index contributed by atoms with van der Waals surface area (Å²) in [5.41, 5.74) is 0.324. The molecule has 0 aromatic carbocycles. The van der Waals surface area contributed by atoms with Crippen molar-refractivity contribution in [2.24, 2.45) is 0 Å². The van der Waals surface area contributed by atoms with Gasteiger partial charge >= 0.3 is 5.97 Å². The van der Waals surface area contributed by atoms with E-state index in [0.29, 0.717) is 12.0 Å². The maximum atomic E-state index is 11.0. The molecule has 0 unspecified atom stereocenters. The zero-order valence-electron chi connectivity index (χ0n) is 8.39. The van der Waals surface area contributed by atoms with Gasteiger partial charge in [-0.25, -0.2) is 0 Å². The van der Waals surface area contributed by atoms with E-state index in [9.17, 15) is 4.79 Å². The molecule has 0 N–H and O–H groups in total. The van der Waals surface area contributed by atoms with Crippen LogP contribution < -0.4 is 0 Å². The van der Waals surface area contributed by atoms with E-state index < -0.39 is 8.07 Å². The number of hydrogen-bond acceptors (Lipinski definition) is 2. The Morgan fingerprint density at radius 3 is 2.33 bits per heavy atom. The number of carbonyl (C=O) groups is 1. The molecule has 0 aromatic heterocycles. The van der Waals surface area contributed by atoms with Gasteiger partial charge in [-0.3, -0.25) is 4.79 Å². The lowest BCUT2D eigenvalue weighted by atomic mass is 10.3. The number of esters is 1. The number of ether oxygens (including phenoxy) is 1. The molecular formula is C9H18O2Si. The van der Waals surface area contributed by atoms with Crippen LogP contribution in [0.15, 0.2) is 12.7 Å². The highest BCUT2D eigenvalue weighted by Gasteiger charge is 2.26. The van der Waals surface area contributed by atoms with Crippen molar-refractivity contribution in [3.05, 3.63) is 12.7 Å². The molecule has 0 aliphatic rings. The molecular weight excluding hydrogens is 168 g/mol. The summed E-state index contributed by atoms with van der Waals surface area (Å²) in [4.78, 5) is 11.0. The summed E-state index contributed by atoms with van der Waals surface area (Å²) < 4.78 is 4.61. The minimum Gasteiger partial charge on any atom is -0.469 e. The first-order valence-corrected chi connectivity index (χ1v) is 7.69. The summed E-state index contributed by atoms with van der Waals surface area (Å²) in [6, 6.07) is 0. The molecule has 0 saturated carbocycles. The van der Waals surface area contributed by atoms with Crippen LogP contribution in [0.1, 0.15) is 6.42 Å². The van der Waals surface area contributed by atoms with Gasteiger partial charge < -0.3 is 4.74 Å². The minimum absolute atomic E-state index is 0.137. The van der Waals surface area contributed by atoms with Gasteiger partial charge in [0.15, 0.2) is 0 Å². The molecule has 2 nitrogen and oxygen atoms in total. The Bertz CT molecular complexity index is 170. The van der Waals surface area contributed by atoms with Gasteiger partial charge in [-0.2, -0.15) is 0 Å². The van der Waals surface area contributed by atoms with E-state index >= 15 is 0 Å². The van der Waals surface area contributed by atoms with E-state index in [-0.39, 0.29) is 5.97 Å².